The summed E-state index contributed by atoms with van der Waals surface area (Å²) in [6.07, 6.45) is 1.81. The maximum absolute atomic E-state index is 8.83. The molecule has 2 rings (SSSR count). The summed E-state index contributed by atoms with van der Waals surface area (Å²) >= 11 is 3.33. The Morgan fingerprint density at radius 1 is 1.44 bits per heavy atom. The summed E-state index contributed by atoms with van der Waals surface area (Å²) in [6.45, 7) is 4.51. The first kappa shape index (κ1) is 13.7. The van der Waals surface area contributed by atoms with Crippen LogP contribution in [0.1, 0.15) is 5.56 Å². The summed E-state index contributed by atoms with van der Waals surface area (Å²) in [6, 6.07) is 1.84. The first-order chi connectivity index (χ1) is 8.79. The predicted octanol–water partition coefficient (Wildman–Crippen LogP) is 1.05. The second kappa shape index (κ2) is 7.04. The number of pyridine rings is 1. The van der Waals surface area contributed by atoms with E-state index >= 15 is 0 Å². The Morgan fingerprint density at radius 2 is 2.22 bits per heavy atom. The fraction of sp³-hybridized carbons (Fsp3) is 0.583. The molecular formula is C12H17BrN2O3. The Bertz CT molecular complexity index is 384. The predicted molar refractivity (Wildman–Crippen MR) is 70.6 cm³/mol. The van der Waals surface area contributed by atoms with Crippen LogP contribution in [0.15, 0.2) is 16.9 Å². The summed E-state index contributed by atoms with van der Waals surface area (Å²) in [5.41, 5.74) is 1.04. The molecule has 1 aliphatic heterocycles. The quantitative estimate of drug-likeness (QED) is 0.823. The van der Waals surface area contributed by atoms with E-state index in [0.29, 0.717) is 6.61 Å². The van der Waals surface area contributed by atoms with E-state index in [1.54, 1.807) is 0 Å². The Morgan fingerprint density at radius 3 is 2.94 bits per heavy atom. The van der Waals surface area contributed by atoms with Crippen molar-refractivity contribution in [3.05, 3.63) is 22.4 Å². The second-order valence-electron chi connectivity index (χ2n) is 4.08. The van der Waals surface area contributed by atoms with Crippen molar-refractivity contribution in [2.45, 2.75) is 6.54 Å². The highest BCUT2D eigenvalue weighted by Crippen LogP contribution is 2.23. The number of hydrogen-bond acceptors (Lipinski definition) is 5. The zero-order chi connectivity index (χ0) is 12.8. The van der Waals surface area contributed by atoms with E-state index in [1.165, 1.54) is 0 Å². The van der Waals surface area contributed by atoms with Crippen molar-refractivity contribution < 1.29 is 14.6 Å². The first-order valence-corrected chi connectivity index (χ1v) is 6.77. The van der Waals surface area contributed by atoms with Gasteiger partial charge in [0.25, 0.3) is 0 Å². The largest absolute Gasteiger partial charge is 0.491 e. The van der Waals surface area contributed by atoms with Gasteiger partial charge in [-0.15, -0.1) is 0 Å². The minimum Gasteiger partial charge on any atom is -0.491 e. The van der Waals surface area contributed by atoms with E-state index in [4.69, 9.17) is 14.6 Å². The molecule has 0 spiro atoms. The number of halogens is 1. The van der Waals surface area contributed by atoms with Crippen LogP contribution in [0.4, 0.5) is 0 Å². The van der Waals surface area contributed by atoms with Gasteiger partial charge in [0.15, 0.2) is 0 Å². The third-order valence-corrected chi connectivity index (χ3v) is 3.19. The van der Waals surface area contributed by atoms with Crippen LogP contribution in [0, 0.1) is 0 Å². The Labute approximate surface area is 115 Å². The van der Waals surface area contributed by atoms with Gasteiger partial charge in [0.1, 0.15) is 17.0 Å². The minimum atomic E-state index is 0.0108. The lowest BCUT2D eigenvalue weighted by molar-refractivity contribution is 0.0337. The lowest BCUT2D eigenvalue weighted by Gasteiger charge is -2.27. The van der Waals surface area contributed by atoms with E-state index in [1.807, 2.05) is 12.3 Å². The SMILES string of the molecule is OCCOc1cc(Br)ncc1CN1CCOCC1. The molecule has 0 saturated carbocycles. The van der Waals surface area contributed by atoms with Gasteiger partial charge in [0, 0.05) is 37.5 Å². The first-order valence-electron chi connectivity index (χ1n) is 5.98. The number of morpholine rings is 1. The summed E-state index contributed by atoms with van der Waals surface area (Å²) < 4.78 is 11.6. The molecule has 0 radical (unpaired) electrons. The molecule has 2 heterocycles. The molecule has 0 aliphatic carbocycles. The van der Waals surface area contributed by atoms with E-state index < -0.39 is 0 Å². The number of nitrogens with zero attached hydrogens (tertiary/aromatic N) is 2. The Kier molecular flexibility index (Phi) is 5.37. The standard InChI is InChI=1S/C12H17BrN2O3/c13-12-7-11(18-6-3-16)10(8-14-12)9-15-1-4-17-5-2-15/h7-8,16H,1-6,9H2. The third-order valence-electron chi connectivity index (χ3n) is 2.76. The highest BCUT2D eigenvalue weighted by atomic mass is 79.9. The fourth-order valence-electron chi connectivity index (χ4n) is 1.85. The molecule has 0 unspecified atom stereocenters. The van der Waals surface area contributed by atoms with Gasteiger partial charge in [-0.25, -0.2) is 4.98 Å². The van der Waals surface area contributed by atoms with Gasteiger partial charge in [-0.05, 0) is 15.9 Å². The van der Waals surface area contributed by atoms with Gasteiger partial charge in [-0.3, -0.25) is 4.90 Å². The molecule has 1 N–H and O–H groups in total. The van der Waals surface area contributed by atoms with Crippen molar-refractivity contribution in [3.63, 3.8) is 0 Å². The normalized spacial score (nSPS) is 16.8. The Hall–Kier alpha value is -0.690. The van der Waals surface area contributed by atoms with Gasteiger partial charge in [-0.2, -0.15) is 0 Å². The molecule has 1 aliphatic rings. The monoisotopic (exact) mass is 316 g/mol. The number of rotatable bonds is 5. The summed E-state index contributed by atoms with van der Waals surface area (Å²) in [7, 11) is 0. The zero-order valence-electron chi connectivity index (χ0n) is 10.1. The van der Waals surface area contributed by atoms with Crippen molar-refractivity contribution in [1.82, 2.24) is 9.88 Å². The second-order valence-corrected chi connectivity index (χ2v) is 4.89. The molecule has 5 nitrogen and oxygen atoms in total. The van der Waals surface area contributed by atoms with Crippen molar-refractivity contribution >= 4 is 15.9 Å². The number of aliphatic hydroxyl groups is 1. The smallest absolute Gasteiger partial charge is 0.128 e. The minimum absolute atomic E-state index is 0.0108. The molecule has 0 aromatic carbocycles. The molecule has 1 aromatic rings. The number of aliphatic hydroxyl groups excluding tert-OH is 1. The van der Waals surface area contributed by atoms with Gasteiger partial charge in [0.2, 0.25) is 0 Å². The molecule has 1 aromatic heterocycles. The van der Waals surface area contributed by atoms with Crippen molar-refractivity contribution in [2.75, 3.05) is 39.5 Å². The molecular weight excluding hydrogens is 300 g/mol. The molecule has 0 amide bonds. The highest BCUT2D eigenvalue weighted by molar-refractivity contribution is 9.10. The molecule has 18 heavy (non-hydrogen) atoms. The van der Waals surface area contributed by atoms with Gasteiger partial charge < -0.3 is 14.6 Å². The van der Waals surface area contributed by atoms with E-state index in [0.717, 1.165) is 48.8 Å². The van der Waals surface area contributed by atoms with Crippen LogP contribution >= 0.6 is 15.9 Å². The highest BCUT2D eigenvalue weighted by Gasteiger charge is 2.14. The van der Waals surface area contributed by atoms with E-state index in [2.05, 4.69) is 25.8 Å². The molecule has 0 atom stereocenters. The van der Waals surface area contributed by atoms with Crippen LogP contribution in [-0.2, 0) is 11.3 Å². The maximum Gasteiger partial charge on any atom is 0.128 e. The van der Waals surface area contributed by atoms with Crippen LogP contribution in [0.5, 0.6) is 5.75 Å². The lowest BCUT2D eigenvalue weighted by atomic mass is 10.2. The average molecular weight is 317 g/mol. The third kappa shape index (κ3) is 3.91. The lowest BCUT2D eigenvalue weighted by Crippen LogP contribution is -2.35. The topological polar surface area (TPSA) is 54.8 Å². The van der Waals surface area contributed by atoms with Crippen LogP contribution in [0.3, 0.4) is 0 Å². The van der Waals surface area contributed by atoms with Crippen LogP contribution in [-0.4, -0.2) is 54.5 Å². The molecule has 1 fully saturated rings. The van der Waals surface area contributed by atoms with Crippen LogP contribution in [0.2, 0.25) is 0 Å². The fourth-order valence-corrected chi connectivity index (χ4v) is 2.16. The number of hydrogen-bond donors (Lipinski definition) is 1. The molecule has 0 bridgehead atoms. The maximum atomic E-state index is 8.83. The molecule has 6 heteroatoms. The van der Waals surface area contributed by atoms with Gasteiger partial charge in [0.05, 0.1) is 19.8 Å². The van der Waals surface area contributed by atoms with E-state index in [-0.39, 0.29) is 6.61 Å². The average Bonchev–Trinajstić information content (AvgIpc) is 2.40. The van der Waals surface area contributed by atoms with E-state index in [9.17, 15) is 0 Å². The van der Waals surface area contributed by atoms with Crippen LogP contribution < -0.4 is 4.74 Å². The number of aromatic nitrogens is 1. The summed E-state index contributed by atoms with van der Waals surface area (Å²) in [4.78, 5) is 6.54. The molecule has 1 saturated heterocycles. The number of ether oxygens (including phenoxy) is 2. The van der Waals surface area contributed by atoms with Gasteiger partial charge in [-0.1, -0.05) is 0 Å². The molecule has 100 valence electrons. The van der Waals surface area contributed by atoms with Gasteiger partial charge >= 0.3 is 0 Å². The van der Waals surface area contributed by atoms with Crippen LogP contribution in [0.25, 0.3) is 0 Å². The zero-order valence-corrected chi connectivity index (χ0v) is 11.7. The summed E-state index contributed by atoms with van der Waals surface area (Å²) in [5, 5.41) is 8.83. The van der Waals surface area contributed by atoms with Crippen molar-refractivity contribution in [2.24, 2.45) is 0 Å². The van der Waals surface area contributed by atoms with Crippen molar-refractivity contribution in [3.8, 4) is 5.75 Å². The summed E-state index contributed by atoms with van der Waals surface area (Å²) in [5.74, 6) is 0.775. The van der Waals surface area contributed by atoms with Crippen molar-refractivity contribution in [1.29, 1.82) is 0 Å². The Balaban J connectivity index is 2.04.